The maximum Gasteiger partial charge on any atom is 0.406 e. The molecule has 0 fully saturated rings. The summed E-state index contributed by atoms with van der Waals surface area (Å²) in [5, 5.41) is 17.0. The van der Waals surface area contributed by atoms with Gasteiger partial charge < -0.3 is 15.3 Å². The molecule has 1 heterocycles. The van der Waals surface area contributed by atoms with Crippen molar-refractivity contribution in [2.75, 3.05) is 13.1 Å². The van der Waals surface area contributed by atoms with Gasteiger partial charge in [-0.2, -0.15) is 18.3 Å². The number of hydrogen-bond acceptors (Lipinski definition) is 3. The Kier molecular flexibility index (Phi) is 4.94. The Morgan fingerprint density at radius 1 is 1.50 bits per heavy atom. The van der Waals surface area contributed by atoms with Crippen molar-refractivity contribution in [1.29, 1.82) is 0 Å². The fourth-order valence-corrected chi connectivity index (χ4v) is 1.42. The second-order valence-electron chi connectivity index (χ2n) is 4.04. The molecule has 1 aromatic heterocycles. The summed E-state index contributed by atoms with van der Waals surface area (Å²) in [6.07, 6.45) is -3.25. The van der Waals surface area contributed by atoms with Crippen LogP contribution in [0.1, 0.15) is 11.3 Å². The van der Waals surface area contributed by atoms with E-state index in [-0.39, 0.29) is 11.4 Å². The number of aryl methyl sites for hydroxylation is 1. The second kappa shape index (κ2) is 6.26. The summed E-state index contributed by atoms with van der Waals surface area (Å²) in [7, 11) is 0. The van der Waals surface area contributed by atoms with Crippen molar-refractivity contribution < 1.29 is 27.9 Å². The highest BCUT2D eigenvalue weighted by Crippen LogP contribution is 2.16. The number of rotatable bonds is 5. The van der Waals surface area contributed by atoms with Crippen LogP contribution in [0.4, 0.5) is 18.0 Å². The van der Waals surface area contributed by atoms with E-state index < -0.39 is 31.3 Å². The Hall–Kier alpha value is -2.26. The molecular formula is C10H13F3N4O3. The number of nitrogens with one attached hydrogen (secondary N) is 2. The fourth-order valence-electron chi connectivity index (χ4n) is 1.42. The van der Waals surface area contributed by atoms with Gasteiger partial charge in [0.2, 0.25) is 0 Å². The smallest absolute Gasteiger partial charge is 0.406 e. The van der Waals surface area contributed by atoms with E-state index in [0.29, 0.717) is 11.3 Å². The number of carbonyl (C=O) groups excluding carboxylic acids is 1. The van der Waals surface area contributed by atoms with Crippen molar-refractivity contribution in [3.8, 4) is 0 Å². The second-order valence-corrected chi connectivity index (χ2v) is 4.04. The predicted molar refractivity (Wildman–Crippen MR) is 60.8 cm³/mol. The van der Waals surface area contributed by atoms with E-state index >= 15 is 0 Å². The number of H-pyrrole nitrogens is 1. The lowest BCUT2D eigenvalue weighted by atomic mass is 10.3. The number of carboxylic acid groups (broad SMARTS) is 1. The molecule has 0 aliphatic carbocycles. The van der Waals surface area contributed by atoms with Crippen LogP contribution in [0, 0.1) is 6.92 Å². The van der Waals surface area contributed by atoms with Crippen molar-refractivity contribution >= 4 is 12.0 Å². The molecule has 0 bridgehead atoms. The van der Waals surface area contributed by atoms with E-state index in [4.69, 9.17) is 5.11 Å². The molecule has 0 spiro atoms. The summed E-state index contributed by atoms with van der Waals surface area (Å²) in [4.78, 5) is 22.2. The molecule has 20 heavy (non-hydrogen) atoms. The number of aromatic amines is 1. The van der Waals surface area contributed by atoms with Crippen LogP contribution in [0.2, 0.25) is 0 Å². The van der Waals surface area contributed by atoms with E-state index in [9.17, 15) is 22.8 Å². The lowest BCUT2D eigenvalue weighted by Gasteiger charge is -2.22. The minimum atomic E-state index is -4.67. The first kappa shape index (κ1) is 15.8. The number of urea groups is 1. The lowest BCUT2D eigenvalue weighted by molar-refractivity contribution is -0.148. The quantitative estimate of drug-likeness (QED) is 0.750. The molecule has 0 unspecified atom stereocenters. The Morgan fingerprint density at radius 2 is 2.15 bits per heavy atom. The number of alkyl halides is 3. The third-order valence-corrected chi connectivity index (χ3v) is 2.35. The molecule has 0 aromatic carbocycles. The van der Waals surface area contributed by atoms with Gasteiger partial charge >= 0.3 is 18.2 Å². The molecule has 1 aromatic rings. The Balaban J connectivity index is 2.63. The molecule has 7 nitrogen and oxygen atoms in total. The molecule has 10 heteroatoms. The van der Waals surface area contributed by atoms with E-state index in [1.807, 2.05) is 0 Å². The third-order valence-electron chi connectivity index (χ3n) is 2.35. The average molecular weight is 294 g/mol. The lowest BCUT2D eigenvalue weighted by Crippen LogP contribution is -2.46. The van der Waals surface area contributed by atoms with Crippen molar-refractivity contribution in [1.82, 2.24) is 20.4 Å². The van der Waals surface area contributed by atoms with Gasteiger partial charge in [0.25, 0.3) is 0 Å². The van der Waals surface area contributed by atoms with Crippen molar-refractivity contribution in [3.63, 3.8) is 0 Å². The van der Waals surface area contributed by atoms with E-state index in [1.165, 1.54) is 6.20 Å². The van der Waals surface area contributed by atoms with Crippen LogP contribution in [0.15, 0.2) is 6.20 Å². The summed E-state index contributed by atoms with van der Waals surface area (Å²) in [5.41, 5.74) is 1.26. The minimum absolute atomic E-state index is 0.0465. The number of aromatic nitrogens is 2. The number of carboxylic acids is 1. The van der Waals surface area contributed by atoms with Crippen LogP contribution in [-0.2, 0) is 11.3 Å². The zero-order valence-electron chi connectivity index (χ0n) is 10.5. The maximum absolute atomic E-state index is 12.3. The van der Waals surface area contributed by atoms with Crippen LogP contribution in [0.25, 0.3) is 0 Å². The molecule has 3 N–H and O–H groups in total. The van der Waals surface area contributed by atoms with Crippen LogP contribution in [0.5, 0.6) is 0 Å². The van der Waals surface area contributed by atoms with Crippen LogP contribution in [0.3, 0.4) is 0 Å². The summed E-state index contributed by atoms with van der Waals surface area (Å²) < 4.78 is 36.8. The molecule has 2 amide bonds. The van der Waals surface area contributed by atoms with E-state index in [1.54, 1.807) is 6.92 Å². The minimum Gasteiger partial charge on any atom is -0.480 e. The van der Waals surface area contributed by atoms with Crippen LogP contribution in [-0.4, -0.2) is 51.5 Å². The summed E-state index contributed by atoms with van der Waals surface area (Å²) in [5.74, 6) is -1.52. The largest absolute Gasteiger partial charge is 0.480 e. The van der Waals surface area contributed by atoms with Gasteiger partial charge in [0, 0.05) is 17.8 Å². The summed E-state index contributed by atoms with van der Waals surface area (Å²) >= 11 is 0. The molecule has 0 saturated carbocycles. The number of amides is 2. The van der Waals surface area contributed by atoms with E-state index in [2.05, 4.69) is 15.5 Å². The zero-order chi connectivity index (χ0) is 15.3. The first-order valence-corrected chi connectivity index (χ1v) is 5.49. The van der Waals surface area contributed by atoms with Gasteiger partial charge in [0.15, 0.2) is 0 Å². The highest BCUT2D eigenvalue weighted by molar-refractivity contribution is 5.80. The predicted octanol–water partition coefficient (Wildman–Crippen LogP) is 0.877. The van der Waals surface area contributed by atoms with E-state index in [0.717, 1.165) is 0 Å². The monoisotopic (exact) mass is 294 g/mol. The summed E-state index contributed by atoms with van der Waals surface area (Å²) in [6.45, 7) is -1.03. The number of carbonyl (C=O) groups is 2. The van der Waals surface area contributed by atoms with Crippen molar-refractivity contribution in [2.45, 2.75) is 19.6 Å². The van der Waals surface area contributed by atoms with Gasteiger partial charge in [-0.3, -0.25) is 9.89 Å². The summed E-state index contributed by atoms with van der Waals surface area (Å²) in [6, 6.07) is -1.11. The SMILES string of the molecule is Cc1[nH]ncc1CNC(=O)N(CC(=O)O)CC(F)(F)F. The number of aliphatic carboxylic acids is 1. The maximum atomic E-state index is 12.3. The first-order chi connectivity index (χ1) is 9.19. The van der Waals surface area contributed by atoms with Gasteiger partial charge in [-0.15, -0.1) is 0 Å². The zero-order valence-corrected chi connectivity index (χ0v) is 10.5. The van der Waals surface area contributed by atoms with Gasteiger partial charge in [-0.1, -0.05) is 0 Å². The molecular weight excluding hydrogens is 281 g/mol. The molecule has 0 atom stereocenters. The van der Waals surface area contributed by atoms with Gasteiger partial charge in [0.05, 0.1) is 6.20 Å². The third kappa shape index (κ3) is 5.16. The van der Waals surface area contributed by atoms with Crippen LogP contribution >= 0.6 is 0 Å². The molecule has 0 aliphatic rings. The highest BCUT2D eigenvalue weighted by atomic mass is 19.4. The number of hydrogen-bond donors (Lipinski definition) is 3. The first-order valence-electron chi connectivity index (χ1n) is 5.49. The number of nitrogens with zero attached hydrogens (tertiary/aromatic N) is 2. The van der Waals surface area contributed by atoms with Gasteiger partial charge in [0.1, 0.15) is 13.1 Å². The average Bonchev–Trinajstić information content (AvgIpc) is 2.68. The fraction of sp³-hybridized carbons (Fsp3) is 0.500. The highest BCUT2D eigenvalue weighted by Gasteiger charge is 2.33. The Bertz CT molecular complexity index is 486. The Labute approximate surface area is 111 Å². The topological polar surface area (TPSA) is 98.3 Å². The Morgan fingerprint density at radius 3 is 2.60 bits per heavy atom. The van der Waals surface area contributed by atoms with Crippen molar-refractivity contribution in [2.24, 2.45) is 0 Å². The number of halogens is 3. The molecule has 0 aliphatic heterocycles. The standard InChI is InChI=1S/C10H13F3N4O3/c1-6-7(3-15-16-6)2-14-9(20)17(4-8(18)19)5-10(11,12)13/h3H,2,4-5H2,1H3,(H,14,20)(H,15,16)(H,18,19). The van der Waals surface area contributed by atoms with Crippen LogP contribution < -0.4 is 5.32 Å². The molecule has 1 rings (SSSR count). The normalized spacial score (nSPS) is 11.2. The molecule has 0 radical (unpaired) electrons. The van der Waals surface area contributed by atoms with Crippen molar-refractivity contribution in [3.05, 3.63) is 17.5 Å². The van der Waals surface area contributed by atoms with Gasteiger partial charge in [-0.25, -0.2) is 4.79 Å². The molecule has 112 valence electrons. The molecule has 0 saturated heterocycles. The van der Waals surface area contributed by atoms with Gasteiger partial charge in [-0.05, 0) is 6.92 Å².